The van der Waals surface area contributed by atoms with E-state index >= 15 is 0 Å². The Bertz CT molecular complexity index is 909. The number of nitrogens with one attached hydrogen (secondary N) is 1. The zero-order valence-corrected chi connectivity index (χ0v) is 16.4. The molecule has 1 N–H and O–H groups in total. The molecule has 6 heteroatoms. The Kier molecular flexibility index (Phi) is 4.42. The number of amides is 1. The standard InChI is InChI=1S/C21H22ClNO4/c1-21(2)11-12-8-14(10-18(25-3)19(12)27-21)23-20(24)15-6-7-26-17-5-4-13(22)9-16(15)17/h4-5,8-10,15H,6-7,11H2,1-3H3,(H,23,24). The van der Waals surface area contributed by atoms with Crippen LogP contribution < -0.4 is 19.5 Å². The second-order valence-corrected chi connectivity index (χ2v) is 8.00. The van der Waals surface area contributed by atoms with Crippen LogP contribution in [0.2, 0.25) is 5.02 Å². The number of carbonyl (C=O) groups is 1. The third kappa shape index (κ3) is 3.44. The van der Waals surface area contributed by atoms with E-state index in [0.717, 1.165) is 23.3 Å². The molecule has 4 rings (SSSR count). The van der Waals surface area contributed by atoms with Gasteiger partial charge in [0.1, 0.15) is 11.4 Å². The van der Waals surface area contributed by atoms with Gasteiger partial charge in [-0.1, -0.05) is 11.6 Å². The molecular formula is C21H22ClNO4. The van der Waals surface area contributed by atoms with E-state index in [-0.39, 0.29) is 17.4 Å². The molecule has 0 spiro atoms. The molecule has 0 aliphatic carbocycles. The van der Waals surface area contributed by atoms with Crippen molar-refractivity contribution in [3.63, 3.8) is 0 Å². The maximum absolute atomic E-state index is 13.0. The number of methoxy groups -OCH3 is 1. The summed E-state index contributed by atoms with van der Waals surface area (Å²) in [6.07, 6.45) is 1.37. The number of hydrogen-bond acceptors (Lipinski definition) is 4. The van der Waals surface area contributed by atoms with Crippen LogP contribution >= 0.6 is 11.6 Å². The SMILES string of the molecule is COc1cc(NC(=O)C2CCOc3ccc(Cl)cc32)cc2c1OC(C)(C)C2. The molecule has 2 aromatic carbocycles. The number of benzene rings is 2. The average molecular weight is 388 g/mol. The fourth-order valence-electron chi connectivity index (χ4n) is 3.77. The van der Waals surface area contributed by atoms with Crippen LogP contribution in [-0.2, 0) is 11.2 Å². The minimum atomic E-state index is -0.306. The highest BCUT2D eigenvalue weighted by Crippen LogP contribution is 2.44. The van der Waals surface area contributed by atoms with Crippen LogP contribution in [0.5, 0.6) is 17.2 Å². The highest BCUT2D eigenvalue weighted by Gasteiger charge is 2.34. The Balaban J connectivity index is 1.61. The van der Waals surface area contributed by atoms with E-state index in [4.69, 9.17) is 25.8 Å². The molecule has 0 fully saturated rings. The summed E-state index contributed by atoms with van der Waals surface area (Å²) in [6, 6.07) is 9.15. The van der Waals surface area contributed by atoms with Crippen LogP contribution in [0.1, 0.15) is 37.3 Å². The van der Waals surface area contributed by atoms with Crippen molar-refractivity contribution < 1.29 is 19.0 Å². The van der Waals surface area contributed by atoms with Gasteiger partial charge < -0.3 is 19.5 Å². The number of halogens is 1. The molecule has 27 heavy (non-hydrogen) atoms. The third-order valence-corrected chi connectivity index (χ3v) is 5.18. The fourth-order valence-corrected chi connectivity index (χ4v) is 3.95. The largest absolute Gasteiger partial charge is 0.493 e. The summed E-state index contributed by atoms with van der Waals surface area (Å²) in [5, 5.41) is 3.62. The van der Waals surface area contributed by atoms with E-state index in [2.05, 4.69) is 5.32 Å². The highest BCUT2D eigenvalue weighted by molar-refractivity contribution is 6.30. The van der Waals surface area contributed by atoms with Crippen LogP contribution in [0.15, 0.2) is 30.3 Å². The van der Waals surface area contributed by atoms with Gasteiger partial charge in [-0.25, -0.2) is 0 Å². The molecule has 2 aromatic rings. The molecule has 0 bridgehead atoms. The number of fused-ring (bicyclic) bond motifs is 2. The van der Waals surface area contributed by atoms with E-state index in [1.807, 2.05) is 26.0 Å². The topological polar surface area (TPSA) is 56.8 Å². The quantitative estimate of drug-likeness (QED) is 0.838. The molecule has 0 saturated carbocycles. The van der Waals surface area contributed by atoms with Crippen LogP contribution in [-0.4, -0.2) is 25.2 Å². The molecule has 1 unspecified atom stereocenters. The minimum absolute atomic E-state index is 0.0815. The van der Waals surface area contributed by atoms with Crippen LogP contribution in [0, 0.1) is 0 Å². The van der Waals surface area contributed by atoms with Gasteiger partial charge in [-0.3, -0.25) is 4.79 Å². The van der Waals surface area contributed by atoms with Gasteiger partial charge in [0.2, 0.25) is 5.91 Å². The minimum Gasteiger partial charge on any atom is -0.493 e. The van der Waals surface area contributed by atoms with Gasteiger partial charge in [-0.2, -0.15) is 0 Å². The summed E-state index contributed by atoms with van der Waals surface area (Å²) in [7, 11) is 1.60. The monoisotopic (exact) mass is 387 g/mol. The molecule has 2 aliphatic heterocycles. The molecule has 5 nitrogen and oxygen atoms in total. The van der Waals surface area contributed by atoms with Crippen molar-refractivity contribution in [3.05, 3.63) is 46.5 Å². The molecule has 0 radical (unpaired) electrons. The Morgan fingerprint density at radius 1 is 1.30 bits per heavy atom. The van der Waals surface area contributed by atoms with Crippen LogP contribution in [0.25, 0.3) is 0 Å². The molecular weight excluding hydrogens is 366 g/mol. The van der Waals surface area contributed by atoms with E-state index in [9.17, 15) is 4.79 Å². The second-order valence-electron chi connectivity index (χ2n) is 7.57. The van der Waals surface area contributed by atoms with Crippen molar-refractivity contribution in [2.24, 2.45) is 0 Å². The first-order chi connectivity index (χ1) is 12.9. The van der Waals surface area contributed by atoms with Crippen molar-refractivity contribution in [1.29, 1.82) is 0 Å². The first-order valence-electron chi connectivity index (χ1n) is 8.99. The molecule has 142 valence electrons. The first-order valence-corrected chi connectivity index (χ1v) is 9.37. The summed E-state index contributed by atoms with van der Waals surface area (Å²) < 4.78 is 17.1. The Hall–Kier alpha value is -2.40. The Labute approximate surface area is 163 Å². The highest BCUT2D eigenvalue weighted by atomic mass is 35.5. The molecule has 2 aliphatic rings. The number of hydrogen-bond donors (Lipinski definition) is 1. The van der Waals surface area contributed by atoms with E-state index < -0.39 is 0 Å². The Morgan fingerprint density at radius 2 is 2.11 bits per heavy atom. The maximum atomic E-state index is 13.0. The third-order valence-electron chi connectivity index (χ3n) is 4.94. The fraction of sp³-hybridized carbons (Fsp3) is 0.381. The van der Waals surface area contributed by atoms with E-state index in [1.165, 1.54) is 0 Å². The zero-order chi connectivity index (χ0) is 19.2. The van der Waals surface area contributed by atoms with Gasteiger partial charge in [0.15, 0.2) is 11.5 Å². The molecule has 0 aromatic heterocycles. The van der Waals surface area contributed by atoms with Crippen LogP contribution in [0.4, 0.5) is 5.69 Å². The molecule has 2 heterocycles. The van der Waals surface area contributed by atoms with Gasteiger partial charge in [-0.05, 0) is 44.5 Å². The predicted octanol–water partition coefficient (Wildman–Crippen LogP) is 4.57. The number of ether oxygens (including phenoxy) is 3. The average Bonchev–Trinajstić information content (AvgIpc) is 2.94. The first kappa shape index (κ1) is 18.0. The van der Waals surface area contributed by atoms with Gasteiger partial charge in [-0.15, -0.1) is 0 Å². The summed E-state index contributed by atoms with van der Waals surface area (Å²) in [5.41, 5.74) is 2.27. The van der Waals surface area contributed by atoms with Crippen LogP contribution in [0.3, 0.4) is 0 Å². The normalized spacial score (nSPS) is 19.3. The van der Waals surface area contributed by atoms with Gasteiger partial charge in [0.25, 0.3) is 0 Å². The lowest BCUT2D eigenvalue weighted by Gasteiger charge is -2.25. The van der Waals surface area contributed by atoms with Gasteiger partial charge in [0, 0.05) is 34.3 Å². The number of rotatable bonds is 3. The van der Waals surface area contributed by atoms with Crippen molar-refractivity contribution >= 4 is 23.2 Å². The van der Waals surface area contributed by atoms with Crippen molar-refractivity contribution in [2.75, 3.05) is 19.0 Å². The van der Waals surface area contributed by atoms with Gasteiger partial charge in [0.05, 0.1) is 19.6 Å². The second kappa shape index (κ2) is 6.64. The molecule has 1 amide bonds. The molecule has 0 saturated heterocycles. The van der Waals surface area contributed by atoms with E-state index in [0.29, 0.717) is 35.2 Å². The predicted molar refractivity (Wildman–Crippen MR) is 104 cm³/mol. The lowest BCUT2D eigenvalue weighted by molar-refractivity contribution is -0.118. The summed E-state index contributed by atoms with van der Waals surface area (Å²) >= 11 is 6.12. The molecule has 1 atom stereocenters. The number of carbonyl (C=O) groups excluding carboxylic acids is 1. The summed E-state index contributed by atoms with van der Waals surface area (Å²) in [4.78, 5) is 13.0. The zero-order valence-electron chi connectivity index (χ0n) is 15.6. The Morgan fingerprint density at radius 3 is 2.89 bits per heavy atom. The summed E-state index contributed by atoms with van der Waals surface area (Å²) in [6.45, 7) is 4.57. The maximum Gasteiger partial charge on any atom is 0.232 e. The number of anilines is 1. The van der Waals surface area contributed by atoms with Crippen molar-refractivity contribution in [3.8, 4) is 17.2 Å². The van der Waals surface area contributed by atoms with E-state index in [1.54, 1.807) is 25.3 Å². The lowest BCUT2D eigenvalue weighted by Crippen LogP contribution is -2.26. The van der Waals surface area contributed by atoms with Gasteiger partial charge >= 0.3 is 0 Å². The summed E-state index contributed by atoms with van der Waals surface area (Å²) in [5.74, 6) is 1.71. The van der Waals surface area contributed by atoms with Crippen molar-refractivity contribution in [1.82, 2.24) is 0 Å². The van der Waals surface area contributed by atoms with Crippen molar-refractivity contribution in [2.45, 2.75) is 38.2 Å². The smallest absolute Gasteiger partial charge is 0.232 e. The lowest BCUT2D eigenvalue weighted by atomic mass is 9.92.